The van der Waals surface area contributed by atoms with Gasteiger partial charge in [0, 0.05) is 37.9 Å². The third-order valence-corrected chi connectivity index (χ3v) is 4.24. The molecule has 0 spiro atoms. The van der Waals surface area contributed by atoms with Gasteiger partial charge in [-0.2, -0.15) is 0 Å². The summed E-state index contributed by atoms with van der Waals surface area (Å²) in [5, 5.41) is 9.40. The van der Waals surface area contributed by atoms with Crippen molar-refractivity contribution in [3.8, 4) is 0 Å². The van der Waals surface area contributed by atoms with E-state index >= 15 is 0 Å². The minimum atomic E-state index is -0.305. The molecule has 1 amide bonds. The van der Waals surface area contributed by atoms with Crippen molar-refractivity contribution in [1.29, 1.82) is 0 Å². The SMILES string of the molecule is CCNC(=NCC(=O)NC1CC1)NC1CCN(c2ncccc2F)C1.I. The summed E-state index contributed by atoms with van der Waals surface area (Å²) < 4.78 is 13.9. The lowest BCUT2D eigenvalue weighted by molar-refractivity contribution is -0.119. The molecule has 1 unspecified atom stereocenters. The molecule has 1 aromatic rings. The quantitative estimate of drug-likeness (QED) is 0.327. The largest absolute Gasteiger partial charge is 0.357 e. The van der Waals surface area contributed by atoms with Crippen molar-refractivity contribution < 1.29 is 9.18 Å². The van der Waals surface area contributed by atoms with Crippen LogP contribution >= 0.6 is 24.0 Å². The Morgan fingerprint density at radius 2 is 2.15 bits per heavy atom. The predicted molar refractivity (Wildman–Crippen MR) is 111 cm³/mol. The Hall–Kier alpha value is -1.65. The summed E-state index contributed by atoms with van der Waals surface area (Å²) in [5.41, 5.74) is 0. The average Bonchev–Trinajstić information content (AvgIpc) is 3.29. The van der Waals surface area contributed by atoms with E-state index in [2.05, 4.69) is 25.9 Å². The van der Waals surface area contributed by atoms with Gasteiger partial charge in [-0.3, -0.25) is 4.79 Å². The number of guanidine groups is 1. The molecule has 1 saturated carbocycles. The van der Waals surface area contributed by atoms with Gasteiger partial charge in [0.05, 0.1) is 0 Å². The zero-order chi connectivity index (χ0) is 17.6. The molecule has 1 saturated heterocycles. The van der Waals surface area contributed by atoms with Gasteiger partial charge in [0.1, 0.15) is 6.54 Å². The van der Waals surface area contributed by atoms with E-state index in [0.717, 1.165) is 25.8 Å². The van der Waals surface area contributed by atoms with Crippen LogP contribution in [-0.2, 0) is 4.79 Å². The molecule has 1 aliphatic heterocycles. The first kappa shape index (κ1) is 20.7. The van der Waals surface area contributed by atoms with Crippen molar-refractivity contribution in [3.05, 3.63) is 24.1 Å². The topological polar surface area (TPSA) is 81.6 Å². The zero-order valence-corrected chi connectivity index (χ0v) is 17.2. The van der Waals surface area contributed by atoms with E-state index < -0.39 is 0 Å². The molecule has 0 bridgehead atoms. The van der Waals surface area contributed by atoms with Crippen LogP contribution in [0.4, 0.5) is 10.2 Å². The fraction of sp³-hybridized carbons (Fsp3) is 0.588. The second kappa shape index (κ2) is 9.89. The molecule has 1 atom stereocenters. The van der Waals surface area contributed by atoms with E-state index in [4.69, 9.17) is 0 Å². The first-order valence-corrected chi connectivity index (χ1v) is 8.85. The molecule has 26 heavy (non-hydrogen) atoms. The fourth-order valence-electron chi connectivity index (χ4n) is 2.85. The van der Waals surface area contributed by atoms with Crippen LogP contribution < -0.4 is 20.9 Å². The highest BCUT2D eigenvalue weighted by atomic mass is 127. The number of amides is 1. The molecule has 0 aromatic carbocycles. The molecular formula is C17H26FIN6O. The number of halogens is 2. The summed E-state index contributed by atoms with van der Waals surface area (Å²) in [5.74, 6) is 0.642. The molecule has 7 nitrogen and oxygen atoms in total. The van der Waals surface area contributed by atoms with Crippen LogP contribution in [0.15, 0.2) is 23.3 Å². The second-order valence-corrected chi connectivity index (χ2v) is 6.42. The van der Waals surface area contributed by atoms with E-state index in [-0.39, 0.29) is 48.3 Å². The summed E-state index contributed by atoms with van der Waals surface area (Å²) in [6, 6.07) is 3.49. The molecule has 0 radical (unpaired) electrons. The number of carbonyl (C=O) groups is 1. The van der Waals surface area contributed by atoms with Crippen LogP contribution in [0.2, 0.25) is 0 Å². The van der Waals surface area contributed by atoms with Gasteiger partial charge in [-0.25, -0.2) is 14.4 Å². The smallest absolute Gasteiger partial charge is 0.242 e. The highest BCUT2D eigenvalue weighted by Crippen LogP contribution is 2.20. The lowest BCUT2D eigenvalue weighted by Gasteiger charge is -2.19. The summed E-state index contributed by atoms with van der Waals surface area (Å²) in [6.07, 6.45) is 4.59. The van der Waals surface area contributed by atoms with Gasteiger partial charge >= 0.3 is 0 Å². The molecule has 9 heteroatoms. The van der Waals surface area contributed by atoms with Crippen LogP contribution in [0.3, 0.4) is 0 Å². The predicted octanol–water partition coefficient (Wildman–Crippen LogP) is 1.25. The van der Waals surface area contributed by atoms with Crippen LogP contribution in [-0.4, -0.2) is 55.1 Å². The number of aromatic nitrogens is 1. The summed E-state index contributed by atoms with van der Waals surface area (Å²) in [4.78, 5) is 22.2. The standard InChI is InChI=1S/C17H25FN6O.HI/c1-2-19-17(21-10-15(25)22-12-5-6-12)23-13-7-9-24(11-13)16-14(18)4-3-8-20-16;/h3-4,8,12-13H,2,5-7,9-11H2,1H3,(H,22,25)(H2,19,21,23);1H. The first-order chi connectivity index (χ1) is 12.2. The van der Waals surface area contributed by atoms with Gasteiger partial charge in [-0.05, 0) is 38.3 Å². The number of carbonyl (C=O) groups excluding carboxylic acids is 1. The Balaban J connectivity index is 0.00000243. The first-order valence-electron chi connectivity index (χ1n) is 8.85. The molecule has 144 valence electrons. The van der Waals surface area contributed by atoms with Crippen molar-refractivity contribution in [1.82, 2.24) is 20.9 Å². The molecule has 3 rings (SSSR count). The number of nitrogens with one attached hydrogen (secondary N) is 3. The number of nitrogens with zero attached hydrogens (tertiary/aromatic N) is 3. The van der Waals surface area contributed by atoms with Gasteiger partial charge in [0.2, 0.25) is 5.91 Å². The summed E-state index contributed by atoms with van der Waals surface area (Å²) in [6.45, 7) is 4.17. The lowest BCUT2D eigenvalue weighted by Crippen LogP contribution is -2.45. The van der Waals surface area contributed by atoms with E-state index in [9.17, 15) is 9.18 Å². The maximum atomic E-state index is 13.9. The van der Waals surface area contributed by atoms with Crippen molar-refractivity contribution in [3.63, 3.8) is 0 Å². The van der Waals surface area contributed by atoms with E-state index in [0.29, 0.717) is 30.9 Å². The maximum absolute atomic E-state index is 13.9. The minimum Gasteiger partial charge on any atom is -0.357 e. The number of aliphatic imine (C=N–C) groups is 1. The summed E-state index contributed by atoms with van der Waals surface area (Å²) in [7, 11) is 0. The third-order valence-electron chi connectivity index (χ3n) is 4.24. The van der Waals surface area contributed by atoms with E-state index in [1.165, 1.54) is 6.07 Å². The third kappa shape index (κ3) is 5.96. The normalized spacial score (nSPS) is 19.7. The van der Waals surface area contributed by atoms with Gasteiger partial charge in [-0.1, -0.05) is 0 Å². The Bertz CT molecular complexity index is 639. The Kier molecular flexibility index (Phi) is 7.85. The highest BCUT2D eigenvalue weighted by Gasteiger charge is 2.26. The Morgan fingerprint density at radius 3 is 2.85 bits per heavy atom. The zero-order valence-electron chi connectivity index (χ0n) is 14.9. The maximum Gasteiger partial charge on any atom is 0.242 e. The monoisotopic (exact) mass is 476 g/mol. The van der Waals surface area contributed by atoms with Crippen molar-refractivity contribution in [2.45, 2.75) is 38.3 Å². The number of hydrogen-bond donors (Lipinski definition) is 3. The van der Waals surface area contributed by atoms with Crippen LogP contribution in [0, 0.1) is 5.82 Å². The Morgan fingerprint density at radius 1 is 1.35 bits per heavy atom. The second-order valence-electron chi connectivity index (χ2n) is 6.42. The van der Waals surface area contributed by atoms with Crippen molar-refractivity contribution in [2.75, 3.05) is 31.1 Å². The summed E-state index contributed by atoms with van der Waals surface area (Å²) >= 11 is 0. The fourth-order valence-corrected chi connectivity index (χ4v) is 2.85. The number of anilines is 1. The molecule has 2 fully saturated rings. The molecule has 1 aromatic heterocycles. The molecular weight excluding hydrogens is 450 g/mol. The van der Waals surface area contributed by atoms with E-state index in [1.54, 1.807) is 12.3 Å². The minimum absolute atomic E-state index is 0. The molecule has 2 heterocycles. The Labute approximate surface area is 170 Å². The van der Waals surface area contributed by atoms with E-state index in [1.807, 2.05) is 11.8 Å². The van der Waals surface area contributed by atoms with Gasteiger partial charge in [-0.15, -0.1) is 24.0 Å². The lowest BCUT2D eigenvalue weighted by atomic mass is 10.3. The van der Waals surface area contributed by atoms with Crippen molar-refractivity contribution >= 4 is 41.7 Å². The number of hydrogen-bond acceptors (Lipinski definition) is 4. The van der Waals surface area contributed by atoms with Gasteiger partial charge in [0.15, 0.2) is 17.6 Å². The number of rotatable bonds is 6. The van der Waals surface area contributed by atoms with Crippen molar-refractivity contribution in [2.24, 2.45) is 4.99 Å². The molecule has 1 aliphatic carbocycles. The van der Waals surface area contributed by atoms with Crippen LogP contribution in [0.5, 0.6) is 0 Å². The average molecular weight is 476 g/mol. The van der Waals surface area contributed by atoms with Crippen LogP contribution in [0.25, 0.3) is 0 Å². The molecule has 2 aliphatic rings. The van der Waals surface area contributed by atoms with Gasteiger partial charge < -0.3 is 20.9 Å². The molecule has 3 N–H and O–H groups in total. The number of pyridine rings is 1. The van der Waals surface area contributed by atoms with Gasteiger partial charge in [0.25, 0.3) is 0 Å². The highest BCUT2D eigenvalue weighted by molar-refractivity contribution is 14.0. The van der Waals surface area contributed by atoms with Crippen LogP contribution in [0.1, 0.15) is 26.2 Å².